The van der Waals surface area contributed by atoms with Gasteiger partial charge in [0.2, 0.25) is 0 Å². The molecule has 1 aliphatic rings. The van der Waals surface area contributed by atoms with Gasteiger partial charge in [-0.2, -0.15) is 0 Å². The summed E-state index contributed by atoms with van der Waals surface area (Å²) in [5.74, 6) is 1.43. The van der Waals surface area contributed by atoms with Gasteiger partial charge in [-0.05, 0) is 67.5 Å². The van der Waals surface area contributed by atoms with Crippen molar-refractivity contribution in [1.82, 2.24) is 4.98 Å². The number of esters is 1. The van der Waals surface area contributed by atoms with E-state index in [0.29, 0.717) is 25.4 Å². The summed E-state index contributed by atoms with van der Waals surface area (Å²) in [6.07, 6.45) is 6.21. The minimum atomic E-state index is -0.151. The third-order valence-electron chi connectivity index (χ3n) is 5.56. The number of nitrogens with zero attached hydrogens (tertiary/aromatic N) is 1. The molecule has 152 valence electrons. The highest BCUT2D eigenvalue weighted by Gasteiger charge is 2.17. The van der Waals surface area contributed by atoms with Gasteiger partial charge in [-0.15, -0.1) is 11.3 Å². The number of thiazole rings is 1. The molecule has 2 aromatic carbocycles. The van der Waals surface area contributed by atoms with E-state index in [2.05, 4.69) is 41.4 Å². The zero-order valence-electron chi connectivity index (χ0n) is 16.9. The number of carbonyl (C=O) groups is 1. The van der Waals surface area contributed by atoms with Crippen LogP contribution in [0.3, 0.4) is 0 Å². The van der Waals surface area contributed by atoms with Crippen LogP contribution < -0.4 is 4.74 Å². The lowest BCUT2D eigenvalue weighted by molar-refractivity contribution is -0.143. The summed E-state index contributed by atoms with van der Waals surface area (Å²) in [4.78, 5) is 16.1. The second kappa shape index (κ2) is 9.40. The van der Waals surface area contributed by atoms with Gasteiger partial charge >= 0.3 is 5.97 Å². The van der Waals surface area contributed by atoms with Crippen LogP contribution in [0, 0.1) is 5.92 Å². The molecule has 0 spiro atoms. The van der Waals surface area contributed by atoms with E-state index in [0.717, 1.165) is 34.6 Å². The topological polar surface area (TPSA) is 48.4 Å². The first-order chi connectivity index (χ1) is 14.2. The SMILES string of the molecule is CCOC(=O)CCc1ccc(OCC2CCCC2)c(-c2ccc3ncsc3c2)c1. The van der Waals surface area contributed by atoms with E-state index in [9.17, 15) is 4.79 Å². The number of rotatable bonds is 8. The van der Waals surface area contributed by atoms with Gasteiger partial charge in [0.05, 0.1) is 28.9 Å². The number of ether oxygens (including phenoxy) is 2. The average Bonchev–Trinajstić information content (AvgIpc) is 3.42. The van der Waals surface area contributed by atoms with E-state index in [-0.39, 0.29) is 5.97 Å². The highest BCUT2D eigenvalue weighted by Crippen LogP contribution is 2.35. The summed E-state index contributed by atoms with van der Waals surface area (Å²) >= 11 is 1.65. The standard InChI is InChI=1S/C24H27NO3S/c1-2-27-24(26)12-8-17-7-11-22(28-15-18-5-3-4-6-18)20(13-17)19-9-10-21-23(14-19)29-16-25-21/h7,9-11,13-14,16,18H,2-6,8,12,15H2,1H3. The zero-order chi connectivity index (χ0) is 20.1. The predicted octanol–water partition coefficient (Wildman–Crippen LogP) is 6.03. The Balaban J connectivity index is 1.59. The third kappa shape index (κ3) is 4.96. The van der Waals surface area contributed by atoms with Crippen molar-refractivity contribution in [3.05, 3.63) is 47.5 Å². The molecule has 4 rings (SSSR count). The van der Waals surface area contributed by atoms with Gasteiger partial charge in [0.1, 0.15) is 5.75 Å². The first-order valence-electron chi connectivity index (χ1n) is 10.5. The Kier molecular flexibility index (Phi) is 6.45. The maximum atomic E-state index is 11.8. The minimum absolute atomic E-state index is 0.151. The van der Waals surface area contributed by atoms with Crippen LogP contribution in [-0.4, -0.2) is 24.2 Å². The fourth-order valence-corrected chi connectivity index (χ4v) is 4.69. The highest BCUT2D eigenvalue weighted by atomic mass is 32.1. The maximum absolute atomic E-state index is 11.8. The molecule has 0 N–H and O–H groups in total. The number of hydrogen-bond acceptors (Lipinski definition) is 5. The van der Waals surface area contributed by atoms with Gasteiger partial charge < -0.3 is 9.47 Å². The van der Waals surface area contributed by atoms with Gasteiger partial charge in [-0.1, -0.05) is 25.0 Å². The van der Waals surface area contributed by atoms with E-state index < -0.39 is 0 Å². The monoisotopic (exact) mass is 409 g/mol. The molecule has 0 unspecified atom stereocenters. The number of benzene rings is 2. The van der Waals surface area contributed by atoms with Crippen molar-refractivity contribution < 1.29 is 14.3 Å². The molecule has 1 heterocycles. The van der Waals surface area contributed by atoms with E-state index in [1.807, 2.05) is 12.4 Å². The number of aromatic nitrogens is 1. The molecule has 0 radical (unpaired) electrons. The fourth-order valence-electron chi connectivity index (χ4n) is 3.97. The number of aryl methyl sites for hydroxylation is 1. The summed E-state index contributed by atoms with van der Waals surface area (Å²) < 4.78 is 12.5. The Bertz CT molecular complexity index is 975. The Morgan fingerprint density at radius 2 is 2.03 bits per heavy atom. The van der Waals surface area contributed by atoms with E-state index in [1.54, 1.807) is 11.3 Å². The van der Waals surface area contributed by atoms with Crippen molar-refractivity contribution in [3.8, 4) is 16.9 Å². The summed E-state index contributed by atoms with van der Waals surface area (Å²) in [5.41, 5.74) is 6.22. The lowest BCUT2D eigenvalue weighted by Crippen LogP contribution is -2.09. The molecule has 1 saturated carbocycles. The molecule has 1 fully saturated rings. The lowest BCUT2D eigenvalue weighted by atomic mass is 9.99. The van der Waals surface area contributed by atoms with Crippen molar-refractivity contribution in [1.29, 1.82) is 0 Å². The molecular weight excluding hydrogens is 382 g/mol. The zero-order valence-corrected chi connectivity index (χ0v) is 17.7. The summed E-state index contributed by atoms with van der Waals surface area (Å²) in [6.45, 7) is 3.03. The van der Waals surface area contributed by atoms with Gasteiger partial charge in [0.25, 0.3) is 0 Å². The van der Waals surface area contributed by atoms with Crippen molar-refractivity contribution in [3.63, 3.8) is 0 Å². The van der Waals surface area contributed by atoms with Crippen LogP contribution in [0.15, 0.2) is 41.9 Å². The Labute approximate surface area is 175 Å². The first-order valence-corrected chi connectivity index (χ1v) is 11.4. The molecule has 3 aromatic rings. The van der Waals surface area contributed by atoms with Crippen LogP contribution >= 0.6 is 11.3 Å². The van der Waals surface area contributed by atoms with Crippen LogP contribution in [0.5, 0.6) is 5.75 Å². The molecule has 1 aliphatic carbocycles. The normalized spacial score (nSPS) is 14.4. The Morgan fingerprint density at radius 3 is 2.86 bits per heavy atom. The van der Waals surface area contributed by atoms with Crippen LogP contribution in [0.4, 0.5) is 0 Å². The van der Waals surface area contributed by atoms with E-state index in [1.165, 1.54) is 30.4 Å². The minimum Gasteiger partial charge on any atom is -0.493 e. The molecule has 0 amide bonds. The van der Waals surface area contributed by atoms with Crippen molar-refractivity contribution in [2.24, 2.45) is 5.92 Å². The molecule has 29 heavy (non-hydrogen) atoms. The molecule has 0 atom stereocenters. The molecular formula is C24H27NO3S. The van der Waals surface area contributed by atoms with E-state index in [4.69, 9.17) is 9.47 Å². The van der Waals surface area contributed by atoms with Gasteiger partial charge in [-0.3, -0.25) is 4.79 Å². The molecule has 4 nitrogen and oxygen atoms in total. The fraction of sp³-hybridized carbons (Fsp3) is 0.417. The molecule has 1 aromatic heterocycles. The second-order valence-corrected chi connectivity index (χ2v) is 8.52. The van der Waals surface area contributed by atoms with Gasteiger partial charge in [0.15, 0.2) is 0 Å². The van der Waals surface area contributed by atoms with Crippen LogP contribution in [0.1, 0.15) is 44.6 Å². The van der Waals surface area contributed by atoms with E-state index >= 15 is 0 Å². The Hall–Kier alpha value is -2.40. The molecule has 5 heteroatoms. The van der Waals surface area contributed by atoms with Crippen molar-refractivity contribution in [2.45, 2.75) is 45.4 Å². The lowest BCUT2D eigenvalue weighted by Gasteiger charge is -2.16. The number of hydrogen-bond donors (Lipinski definition) is 0. The highest BCUT2D eigenvalue weighted by molar-refractivity contribution is 7.16. The summed E-state index contributed by atoms with van der Waals surface area (Å²) in [6, 6.07) is 12.6. The molecule has 0 saturated heterocycles. The van der Waals surface area contributed by atoms with Crippen LogP contribution in [0.2, 0.25) is 0 Å². The average molecular weight is 410 g/mol. The van der Waals surface area contributed by atoms with Crippen LogP contribution in [0.25, 0.3) is 21.3 Å². The predicted molar refractivity (Wildman–Crippen MR) is 117 cm³/mol. The quantitative estimate of drug-likeness (QED) is 0.426. The smallest absolute Gasteiger partial charge is 0.306 e. The van der Waals surface area contributed by atoms with Crippen LogP contribution in [-0.2, 0) is 16.0 Å². The molecule has 0 aliphatic heterocycles. The van der Waals surface area contributed by atoms with Gasteiger partial charge in [-0.25, -0.2) is 4.98 Å². The number of fused-ring (bicyclic) bond motifs is 1. The Morgan fingerprint density at radius 1 is 1.17 bits per heavy atom. The number of carbonyl (C=O) groups excluding carboxylic acids is 1. The largest absolute Gasteiger partial charge is 0.493 e. The maximum Gasteiger partial charge on any atom is 0.306 e. The van der Waals surface area contributed by atoms with Crippen molar-refractivity contribution >= 4 is 27.5 Å². The third-order valence-corrected chi connectivity index (χ3v) is 6.35. The van der Waals surface area contributed by atoms with Crippen molar-refractivity contribution in [2.75, 3.05) is 13.2 Å². The first kappa shape index (κ1) is 19.9. The molecule has 0 bridgehead atoms. The summed E-state index contributed by atoms with van der Waals surface area (Å²) in [7, 11) is 0. The summed E-state index contributed by atoms with van der Waals surface area (Å²) in [5, 5.41) is 0. The second-order valence-electron chi connectivity index (χ2n) is 7.63. The van der Waals surface area contributed by atoms with Gasteiger partial charge in [0, 0.05) is 12.0 Å².